The molecule has 1 unspecified atom stereocenters. The van der Waals surface area contributed by atoms with E-state index in [4.69, 9.17) is 0 Å². The highest BCUT2D eigenvalue weighted by Crippen LogP contribution is 2.36. The lowest BCUT2D eigenvalue weighted by atomic mass is 9.84. The van der Waals surface area contributed by atoms with Crippen molar-refractivity contribution in [2.45, 2.75) is 34.9 Å². The van der Waals surface area contributed by atoms with Crippen LogP contribution in [0.4, 0.5) is 0 Å². The minimum atomic E-state index is 0.0282. The van der Waals surface area contributed by atoms with Gasteiger partial charge in [-0.1, -0.05) is 30.0 Å². The van der Waals surface area contributed by atoms with Gasteiger partial charge in [0.25, 0.3) is 5.91 Å². The van der Waals surface area contributed by atoms with Crippen molar-refractivity contribution in [3.8, 4) is 0 Å². The van der Waals surface area contributed by atoms with Crippen LogP contribution in [0.1, 0.15) is 39.8 Å². The number of hydrogen-bond donors (Lipinski definition) is 1. The number of nitrogens with zero attached hydrogens (tertiary/aromatic N) is 1. The average Bonchev–Trinajstić information content (AvgIpc) is 3.12. The molecule has 1 aromatic carbocycles. The van der Waals surface area contributed by atoms with Crippen molar-refractivity contribution < 1.29 is 9.59 Å². The first-order valence-corrected chi connectivity index (χ1v) is 10.6. The predicted octanol–water partition coefficient (Wildman–Crippen LogP) is 3.93. The zero-order valence-corrected chi connectivity index (χ0v) is 16.4. The molecule has 6 heteroatoms. The molecule has 0 saturated carbocycles. The number of carbonyl (C=O) groups excluding carboxylic acids is 2. The Morgan fingerprint density at radius 3 is 2.62 bits per heavy atom. The van der Waals surface area contributed by atoms with E-state index in [0.29, 0.717) is 5.92 Å². The highest BCUT2D eigenvalue weighted by atomic mass is 32.2. The van der Waals surface area contributed by atoms with E-state index < -0.39 is 0 Å². The van der Waals surface area contributed by atoms with Gasteiger partial charge in [-0.2, -0.15) is 0 Å². The van der Waals surface area contributed by atoms with Gasteiger partial charge in [-0.3, -0.25) is 9.59 Å². The van der Waals surface area contributed by atoms with Crippen LogP contribution in [0.2, 0.25) is 0 Å². The van der Waals surface area contributed by atoms with Crippen LogP contribution in [0.15, 0.2) is 45.5 Å². The summed E-state index contributed by atoms with van der Waals surface area (Å²) in [6.07, 6.45) is 2.39. The fraction of sp³-hybridized carbons (Fsp3) is 0.400. The Morgan fingerprint density at radius 2 is 1.92 bits per heavy atom. The first kappa shape index (κ1) is 17.8. The van der Waals surface area contributed by atoms with E-state index in [1.165, 1.54) is 37.3 Å². The van der Waals surface area contributed by atoms with Crippen molar-refractivity contribution in [2.75, 3.05) is 19.6 Å². The molecule has 4 heterocycles. The summed E-state index contributed by atoms with van der Waals surface area (Å²) in [5.41, 5.74) is 0.726. The number of rotatable bonds is 5. The molecular formula is C20H22N2O2S2. The summed E-state index contributed by atoms with van der Waals surface area (Å²) in [4.78, 5) is 28.5. The number of nitrogens with one attached hydrogen (secondary N) is 1. The molecule has 0 radical (unpaired) electrons. The van der Waals surface area contributed by atoms with Gasteiger partial charge >= 0.3 is 0 Å². The average molecular weight is 387 g/mol. The van der Waals surface area contributed by atoms with Crippen LogP contribution >= 0.6 is 23.1 Å². The molecule has 0 spiro atoms. The van der Waals surface area contributed by atoms with Gasteiger partial charge in [0.15, 0.2) is 5.78 Å². The molecule has 1 aromatic heterocycles. The fourth-order valence-electron chi connectivity index (χ4n) is 3.82. The minimum Gasteiger partial charge on any atom is -0.347 e. The zero-order valence-electron chi connectivity index (χ0n) is 14.7. The van der Waals surface area contributed by atoms with Gasteiger partial charge in [-0.05, 0) is 57.0 Å². The summed E-state index contributed by atoms with van der Waals surface area (Å²) in [5, 5.41) is 3.24. The number of fused-ring (bicyclic) bond motifs is 3. The van der Waals surface area contributed by atoms with E-state index in [1.54, 1.807) is 18.7 Å². The van der Waals surface area contributed by atoms with Gasteiger partial charge in [0, 0.05) is 23.0 Å². The highest BCUT2D eigenvalue weighted by molar-refractivity contribution is 8.01. The van der Waals surface area contributed by atoms with E-state index >= 15 is 0 Å². The molecule has 3 aliphatic heterocycles. The first-order valence-electron chi connectivity index (χ1n) is 9.01. The molecule has 4 nitrogen and oxygen atoms in total. The van der Waals surface area contributed by atoms with E-state index in [1.807, 2.05) is 36.4 Å². The van der Waals surface area contributed by atoms with Crippen molar-refractivity contribution >= 4 is 34.8 Å². The van der Waals surface area contributed by atoms with Crippen molar-refractivity contribution in [1.82, 2.24) is 10.2 Å². The van der Waals surface area contributed by atoms with Crippen LogP contribution in [0, 0.1) is 5.92 Å². The number of Topliss-reactive ketones (excluding diaryl/α,β-unsaturated/α-hetero) is 1. The Kier molecular flexibility index (Phi) is 5.16. The third-order valence-corrected chi connectivity index (χ3v) is 7.55. The summed E-state index contributed by atoms with van der Waals surface area (Å²) in [7, 11) is 0. The molecular weight excluding hydrogens is 364 g/mol. The SMILES string of the molecule is CC(=O)c1ccccc1Sc1ccc(C(=O)NC2CN3CCC2CC3)s1. The Hall–Kier alpha value is -1.63. The molecule has 0 aliphatic carbocycles. The summed E-state index contributed by atoms with van der Waals surface area (Å²) in [5.74, 6) is 0.714. The number of benzene rings is 1. The molecule has 1 atom stereocenters. The van der Waals surface area contributed by atoms with Crippen LogP contribution < -0.4 is 5.32 Å². The second kappa shape index (κ2) is 7.55. The Morgan fingerprint density at radius 1 is 1.15 bits per heavy atom. The smallest absolute Gasteiger partial charge is 0.261 e. The number of piperidine rings is 3. The number of carbonyl (C=O) groups is 2. The fourth-order valence-corrected chi connectivity index (χ4v) is 5.99. The lowest BCUT2D eigenvalue weighted by molar-refractivity contribution is 0.0622. The topological polar surface area (TPSA) is 49.4 Å². The van der Waals surface area contributed by atoms with E-state index in [9.17, 15) is 9.59 Å². The summed E-state index contributed by atoms with van der Waals surface area (Å²) < 4.78 is 1.03. The van der Waals surface area contributed by atoms with E-state index in [2.05, 4.69) is 10.2 Å². The normalized spacial score (nSPS) is 24.4. The summed E-state index contributed by atoms with van der Waals surface area (Å²) in [6, 6.07) is 11.7. The molecule has 2 bridgehead atoms. The van der Waals surface area contributed by atoms with Gasteiger partial charge < -0.3 is 10.2 Å². The van der Waals surface area contributed by atoms with Gasteiger partial charge in [-0.15, -0.1) is 11.3 Å². The van der Waals surface area contributed by atoms with Crippen LogP contribution in [0.25, 0.3) is 0 Å². The standard InChI is InChI=1S/C20H22N2O2S2/c1-13(23)15-4-2-3-5-17(15)25-19-7-6-18(26-19)20(24)21-16-12-22-10-8-14(16)9-11-22/h2-7,14,16H,8-12H2,1H3,(H,21,24). The monoisotopic (exact) mass is 386 g/mol. The summed E-state index contributed by atoms with van der Waals surface area (Å²) in [6.45, 7) is 4.91. The number of ketones is 1. The third-order valence-electron chi connectivity index (χ3n) is 5.25. The van der Waals surface area contributed by atoms with Gasteiger partial charge in [-0.25, -0.2) is 0 Å². The number of thiophene rings is 1. The molecule has 5 rings (SSSR count). The minimum absolute atomic E-state index is 0.0282. The molecule has 136 valence electrons. The molecule has 3 aliphatic rings. The van der Waals surface area contributed by atoms with Crippen molar-refractivity contribution in [2.24, 2.45) is 5.92 Å². The van der Waals surface area contributed by atoms with E-state index in [0.717, 1.165) is 26.1 Å². The predicted molar refractivity (Wildman–Crippen MR) is 105 cm³/mol. The maximum absolute atomic E-state index is 12.6. The molecule has 2 aromatic rings. The molecule has 3 saturated heterocycles. The Labute approximate surface area is 162 Å². The van der Waals surface area contributed by atoms with Gasteiger partial charge in [0.1, 0.15) is 0 Å². The second-order valence-electron chi connectivity index (χ2n) is 6.99. The van der Waals surface area contributed by atoms with Crippen molar-refractivity contribution in [3.63, 3.8) is 0 Å². The van der Waals surface area contributed by atoms with Gasteiger partial charge in [0.2, 0.25) is 0 Å². The molecule has 1 amide bonds. The van der Waals surface area contributed by atoms with Crippen LogP contribution in [0.3, 0.4) is 0 Å². The quantitative estimate of drug-likeness (QED) is 0.791. The lowest BCUT2D eigenvalue weighted by Crippen LogP contribution is -2.57. The van der Waals surface area contributed by atoms with Crippen LogP contribution in [0.5, 0.6) is 0 Å². The van der Waals surface area contributed by atoms with Crippen LogP contribution in [-0.4, -0.2) is 42.3 Å². The molecule has 26 heavy (non-hydrogen) atoms. The number of amides is 1. The Bertz CT molecular complexity index is 825. The third kappa shape index (κ3) is 3.72. The van der Waals surface area contributed by atoms with Crippen molar-refractivity contribution in [3.05, 3.63) is 46.8 Å². The zero-order chi connectivity index (χ0) is 18.1. The van der Waals surface area contributed by atoms with Gasteiger partial charge in [0.05, 0.1) is 9.09 Å². The molecule has 3 fully saturated rings. The van der Waals surface area contributed by atoms with E-state index in [-0.39, 0.29) is 17.7 Å². The number of hydrogen-bond acceptors (Lipinski definition) is 5. The maximum Gasteiger partial charge on any atom is 0.261 e. The lowest BCUT2D eigenvalue weighted by Gasteiger charge is -2.44. The second-order valence-corrected chi connectivity index (χ2v) is 9.42. The Balaban J connectivity index is 1.43. The summed E-state index contributed by atoms with van der Waals surface area (Å²) >= 11 is 3.04. The largest absolute Gasteiger partial charge is 0.347 e. The van der Waals surface area contributed by atoms with Crippen molar-refractivity contribution in [1.29, 1.82) is 0 Å². The maximum atomic E-state index is 12.6. The molecule has 1 N–H and O–H groups in total. The highest BCUT2D eigenvalue weighted by Gasteiger charge is 2.35. The first-order chi connectivity index (χ1) is 12.6. The van der Waals surface area contributed by atoms with Crippen LogP contribution in [-0.2, 0) is 0 Å².